The zero-order chi connectivity index (χ0) is 20.1. The van der Waals surface area contributed by atoms with Crippen LogP contribution in [-0.2, 0) is 6.61 Å². The van der Waals surface area contributed by atoms with E-state index < -0.39 is 0 Å². The number of carbonyl (C=O) groups excluding carboxylic acids is 1. The minimum atomic E-state index is -0.180. The minimum Gasteiger partial charge on any atom is -0.496 e. The molecule has 0 saturated heterocycles. The van der Waals surface area contributed by atoms with Gasteiger partial charge in [0, 0.05) is 21.8 Å². The van der Waals surface area contributed by atoms with Crippen LogP contribution in [0.4, 0.5) is 5.69 Å². The van der Waals surface area contributed by atoms with E-state index in [1.807, 2.05) is 44.2 Å². The smallest absolute Gasteiger partial charge is 0.255 e. The van der Waals surface area contributed by atoms with Crippen molar-refractivity contribution in [2.45, 2.75) is 20.5 Å². The van der Waals surface area contributed by atoms with E-state index in [-0.39, 0.29) is 12.5 Å². The van der Waals surface area contributed by atoms with Crippen LogP contribution in [0.15, 0.2) is 60.7 Å². The first kappa shape index (κ1) is 19.8. The van der Waals surface area contributed by atoms with Crippen molar-refractivity contribution in [1.29, 1.82) is 0 Å². The minimum absolute atomic E-state index is 0.180. The molecule has 0 spiro atoms. The molecule has 4 nitrogen and oxygen atoms in total. The second-order valence-electron chi connectivity index (χ2n) is 6.55. The normalized spacial score (nSPS) is 10.4. The van der Waals surface area contributed by atoms with Gasteiger partial charge in [0.1, 0.15) is 18.1 Å². The molecule has 0 atom stereocenters. The average molecular weight is 396 g/mol. The Labute approximate surface area is 170 Å². The van der Waals surface area contributed by atoms with Crippen molar-refractivity contribution < 1.29 is 14.3 Å². The van der Waals surface area contributed by atoms with Crippen molar-refractivity contribution in [2.75, 3.05) is 12.4 Å². The summed E-state index contributed by atoms with van der Waals surface area (Å²) >= 11 is 6.00. The molecule has 0 aromatic heterocycles. The van der Waals surface area contributed by atoms with Crippen molar-refractivity contribution in [2.24, 2.45) is 0 Å². The number of hydrogen-bond donors (Lipinski definition) is 1. The lowest BCUT2D eigenvalue weighted by atomic mass is 10.1. The number of carbonyl (C=O) groups is 1. The van der Waals surface area contributed by atoms with Gasteiger partial charge in [0.2, 0.25) is 0 Å². The Balaban J connectivity index is 1.79. The number of hydrogen-bond acceptors (Lipinski definition) is 3. The highest BCUT2D eigenvalue weighted by atomic mass is 35.5. The fraction of sp³-hybridized carbons (Fsp3) is 0.174. The summed E-state index contributed by atoms with van der Waals surface area (Å²) in [5.41, 5.74) is 4.21. The molecule has 0 radical (unpaired) electrons. The molecule has 0 fully saturated rings. The maximum absolute atomic E-state index is 12.7. The molecule has 3 rings (SSSR count). The highest BCUT2D eigenvalue weighted by Crippen LogP contribution is 2.25. The number of nitrogens with one attached hydrogen (secondary N) is 1. The van der Waals surface area contributed by atoms with Gasteiger partial charge in [-0.15, -0.1) is 0 Å². The van der Waals surface area contributed by atoms with E-state index in [0.29, 0.717) is 22.1 Å². The Morgan fingerprint density at radius 2 is 1.86 bits per heavy atom. The molecule has 3 aromatic rings. The number of amides is 1. The molecular formula is C23H22ClNO3. The van der Waals surface area contributed by atoms with E-state index >= 15 is 0 Å². The number of ether oxygens (including phenoxy) is 2. The summed E-state index contributed by atoms with van der Waals surface area (Å²) in [6.07, 6.45) is 0. The molecule has 0 aliphatic carbocycles. The van der Waals surface area contributed by atoms with Gasteiger partial charge in [-0.25, -0.2) is 0 Å². The van der Waals surface area contributed by atoms with Crippen molar-refractivity contribution in [3.8, 4) is 11.5 Å². The summed E-state index contributed by atoms with van der Waals surface area (Å²) in [6.45, 7) is 4.22. The topological polar surface area (TPSA) is 47.6 Å². The lowest BCUT2D eigenvalue weighted by Gasteiger charge is -2.13. The van der Waals surface area contributed by atoms with Gasteiger partial charge in [0.25, 0.3) is 5.91 Å². The van der Waals surface area contributed by atoms with Gasteiger partial charge < -0.3 is 14.8 Å². The summed E-state index contributed by atoms with van der Waals surface area (Å²) in [6, 6.07) is 18.4. The Bertz CT molecular complexity index is 1000. The quantitative estimate of drug-likeness (QED) is 0.574. The Morgan fingerprint density at radius 1 is 1.04 bits per heavy atom. The molecule has 0 aliphatic heterocycles. The maximum atomic E-state index is 12.7. The van der Waals surface area contributed by atoms with Crippen LogP contribution in [0.3, 0.4) is 0 Å². The highest BCUT2D eigenvalue weighted by Gasteiger charge is 2.12. The summed E-state index contributed by atoms with van der Waals surface area (Å²) in [5.74, 6) is 1.13. The van der Waals surface area contributed by atoms with Crippen molar-refractivity contribution >= 4 is 23.2 Å². The summed E-state index contributed by atoms with van der Waals surface area (Å²) in [4.78, 5) is 12.7. The van der Waals surface area contributed by atoms with Crippen LogP contribution in [-0.4, -0.2) is 13.0 Å². The molecule has 5 heteroatoms. The zero-order valence-electron chi connectivity index (χ0n) is 16.1. The number of benzene rings is 3. The SMILES string of the molecule is COc1ccc(C(=O)Nc2cc(C)ccc2C)cc1COc1cccc(Cl)c1. The first-order valence-electron chi connectivity index (χ1n) is 8.90. The zero-order valence-corrected chi connectivity index (χ0v) is 16.8. The largest absolute Gasteiger partial charge is 0.496 e. The monoisotopic (exact) mass is 395 g/mol. The van der Waals surface area contributed by atoms with Gasteiger partial charge in [-0.3, -0.25) is 4.79 Å². The summed E-state index contributed by atoms with van der Waals surface area (Å²) < 4.78 is 11.2. The summed E-state index contributed by atoms with van der Waals surface area (Å²) in [7, 11) is 1.59. The third kappa shape index (κ3) is 4.84. The molecule has 0 saturated carbocycles. The lowest BCUT2D eigenvalue weighted by molar-refractivity contribution is 0.102. The van der Waals surface area contributed by atoms with Gasteiger partial charge >= 0.3 is 0 Å². The fourth-order valence-corrected chi connectivity index (χ4v) is 3.00. The first-order chi connectivity index (χ1) is 13.5. The van der Waals surface area contributed by atoms with E-state index in [1.165, 1.54) is 0 Å². The fourth-order valence-electron chi connectivity index (χ4n) is 2.82. The molecule has 28 heavy (non-hydrogen) atoms. The molecule has 1 N–H and O–H groups in total. The van der Waals surface area contributed by atoms with Crippen molar-refractivity contribution in [3.05, 3.63) is 87.9 Å². The maximum Gasteiger partial charge on any atom is 0.255 e. The second kappa shape index (κ2) is 8.81. The standard InChI is InChI=1S/C23H22ClNO3/c1-15-7-8-16(2)21(11-15)25-23(26)17-9-10-22(27-3)18(12-17)14-28-20-6-4-5-19(24)13-20/h4-13H,14H2,1-3H3,(H,25,26). The third-order valence-electron chi connectivity index (χ3n) is 4.37. The highest BCUT2D eigenvalue weighted by molar-refractivity contribution is 6.30. The van der Waals surface area contributed by atoms with Crippen LogP contribution in [0.25, 0.3) is 0 Å². The van der Waals surface area contributed by atoms with Gasteiger partial charge in [-0.1, -0.05) is 29.8 Å². The molecule has 144 valence electrons. The molecule has 0 unspecified atom stereocenters. The first-order valence-corrected chi connectivity index (χ1v) is 9.28. The predicted molar refractivity (Wildman–Crippen MR) is 113 cm³/mol. The third-order valence-corrected chi connectivity index (χ3v) is 4.61. The number of methoxy groups -OCH3 is 1. The van der Waals surface area contributed by atoms with Crippen molar-refractivity contribution in [3.63, 3.8) is 0 Å². The van der Waals surface area contributed by atoms with E-state index in [0.717, 1.165) is 22.4 Å². The molecule has 0 heterocycles. The van der Waals surface area contributed by atoms with Crippen LogP contribution in [0.5, 0.6) is 11.5 Å². The van der Waals surface area contributed by atoms with Crippen LogP contribution in [0.1, 0.15) is 27.0 Å². The molecular weight excluding hydrogens is 374 g/mol. The van der Waals surface area contributed by atoms with Gasteiger partial charge in [-0.05, 0) is 67.4 Å². The molecule has 0 aliphatic rings. The second-order valence-corrected chi connectivity index (χ2v) is 6.98. The lowest BCUT2D eigenvalue weighted by Crippen LogP contribution is -2.13. The van der Waals surface area contributed by atoms with Crippen LogP contribution in [0, 0.1) is 13.8 Å². The molecule has 1 amide bonds. The van der Waals surface area contributed by atoms with Crippen LogP contribution < -0.4 is 14.8 Å². The Hall–Kier alpha value is -2.98. The van der Waals surface area contributed by atoms with Crippen LogP contribution >= 0.6 is 11.6 Å². The van der Waals surface area contributed by atoms with E-state index in [2.05, 4.69) is 5.32 Å². The Morgan fingerprint density at radius 3 is 2.61 bits per heavy atom. The van der Waals surface area contributed by atoms with E-state index in [1.54, 1.807) is 37.4 Å². The number of halogens is 1. The van der Waals surface area contributed by atoms with E-state index in [4.69, 9.17) is 21.1 Å². The number of anilines is 1. The predicted octanol–water partition coefficient (Wildman–Crippen LogP) is 5.80. The number of rotatable bonds is 6. The average Bonchev–Trinajstić information content (AvgIpc) is 2.69. The number of aryl methyl sites for hydroxylation is 2. The summed E-state index contributed by atoms with van der Waals surface area (Å²) in [5, 5.41) is 3.58. The Kier molecular flexibility index (Phi) is 6.22. The molecule has 0 bridgehead atoms. The van der Waals surface area contributed by atoms with Gasteiger partial charge in [0.15, 0.2) is 0 Å². The van der Waals surface area contributed by atoms with Gasteiger partial charge in [0.05, 0.1) is 7.11 Å². The molecule has 3 aromatic carbocycles. The van der Waals surface area contributed by atoms with Crippen LogP contribution in [0.2, 0.25) is 5.02 Å². The van der Waals surface area contributed by atoms with E-state index in [9.17, 15) is 4.79 Å². The van der Waals surface area contributed by atoms with Crippen molar-refractivity contribution in [1.82, 2.24) is 0 Å². The van der Waals surface area contributed by atoms with Gasteiger partial charge in [-0.2, -0.15) is 0 Å².